The highest BCUT2D eigenvalue weighted by molar-refractivity contribution is 5.93. The van der Waals surface area contributed by atoms with Crippen molar-refractivity contribution in [2.45, 2.75) is 44.7 Å². The van der Waals surface area contributed by atoms with Gasteiger partial charge in [0.1, 0.15) is 0 Å². The van der Waals surface area contributed by atoms with Gasteiger partial charge in [-0.2, -0.15) is 0 Å². The summed E-state index contributed by atoms with van der Waals surface area (Å²) in [6.45, 7) is 3.39. The summed E-state index contributed by atoms with van der Waals surface area (Å²) in [7, 11) is 0. The van der Waals surface area contributed by atoms with Crippen LogP contribution in [0, 0.1) is 0 Å². The van der Waals surface area contributed by atoms with E-state index < -0.39 is 11.4 Å². The second-order valence-electron chi connectivity index (χ2n) is 5.61. The summed E-state index contributed by atoms with van der Waals surface area (Å²) in [6, 6.07) is 7.04. The van der Waals surface area contributed by atoms with Crippen molar-refractivity contribution in [1.29, 1.82) is 0 Å². The van der Waals surface area contributed by atoms with E-state index in [9.17, 15) is 9.59 Å². The largest absolute Gasteiger partial charge is 0.366 e. The van der Waals surface area contributed by atoms with Crippen molar-refractivity contribution in [1.82, 2.24) is 10.6 Å². The van der Waals surface area contributed by atoms with Crippen molar-refractivity contribution in [3.8, 4) is 0 Å². The number of carbonyl (C=O) groups is 2. The van der Waals surface area contributed by atoms with Crippen LogP contribution in [-0.2, 0) is 11.3 Å². The molecule has 0 saturated carbocycles. The molecule has 1 unspecified atom stereocenters. The van der Waals surface area contributed by atoms with E-state index in [4.69, 9.17) is 5.73 Å². The van der Waals surface area contributed by atoms with Crippen LogP contribution >= 0.6 is 0 Å². The predicted molar refractivity (Wildman–Crippen MR) is 81.7 cm³/mol. The summed E-state index contributed by atoms with van der Waals surface area (Å²) in [6.07, 6.45) is 3.73. The van der Waals surface area contributed by atoms with Crippen LogP contribution in [0.4, 0.5) is 0 Å². The molecule has 4 N–H and O–H groups in total. The molecule has 1 heterocycles. The van der Waals surface area contributed by atoms with Crippen molar-refractivity contribution in [3.05, 3.63) is 35.4 Å². The Morgan fingerprint density at radius 2 is 2.24 bits per heavy atom. The van der Waals surface area contributed by atoms with Crippen LogP contribution in [0.3, 0.4) is 0 Å². The molecule has 1 aromatic carbocycles. The average Bonchev–Trinajstić information content (AvgIpc) is 2.95. The lowest BCUT2D eigenvalue weighted by molar-refractivity contribution is -0.127. The lowest BCUT2D eigenvalue weighted by atomic mass is 9.91. The van der Waals surface area contributed by atoms with E-state index >= 15 is 0 Å². The highest BCUT2D eigenvalue weighted by Gasteiger charge is 2.39. The van der Waals surface area contributed by atoms with Crippen LogP contribution in [0.5, 0.6) is 0 Å². The molecule has 0 aliphatic carbocycles. The Morgan fingerprint density at radius 3 is 2.86 bits per heavy atom. The van der Waals surface area contributed by atoms with E-state index in [1.165, 1.54) is 0 Å². The van der Waals surface area contributed by atoms with Gasteiger partial charge in [-0.3, -0.25) is 9.59 Å². The topological polar surface area (TPSA) is 84.2 Å². The average molecular weight is 289 g/mol. The lowest BCUT2D eigenvalue weighted by Gasteiger charge is -2.27. The monoisotopic (exact) mass is 289 g/mol. The number of primary amides is 1. The van der Waals surface area contributed by atoms with Gasteiger partial charge in [-0.15, -0.1) is 0 Å². The second-order valence-corrected chi connectivity index (χ2v) is 5.61. The zero-order valence-electron chi connectivity index (χ0n) is 12.4. The number of benzene rings is 1. The Balaban J connectivity index is 2.00. The van der Waals surface area contributed by atoms with Crippen molar-refractivity contribution in [2.24, 2.45) is 5.73 Å². The minimum Gasteiger partial charge on any atom is -0.366 e. The summed E-state index contributed by atoms with van der Waals surface area (Å²) in [4.78, 5) is 23.6. The summed E-state index contributed by atoms with van der Waals surface area (Å²) in [5.41, 5.74) is 6.18. The van der Waals surface area contributed by atoms with Crippen molar-refractivity contribution >= 4 is 11.8 Å². The number of hydrogen-bond donors (Lipinski definition) is 3. The Morgan fingerprint density at radius 1 is 1.43 bits per heavy atom. The molecule has 5 heteroatoms. The van der Waals surface area contributed by atoms with Gasteiger partial charge in [-0.25, -0.2) is 0 Å². The van der Waals surface area contributed by atoms with E-state index in [1.54, 1.807) is 18.2 Å². The molecule has 0 aromatic heterocycles. The zero-order valence-corrected chi connectivity index (χ0v) is 12.4. The molecule has 1 aliphatic heterocycles. The van der Waals surface area contributed by atoms with Crippen LogP contribution < -0.4 is 16.4 Å². The van der Waals surface area contributed by atoms with E-state index in [1.807, 2.05) is 6.07 Å². The quantitative estimate of drug-likeness (QED) is 0.738. The first kappa shape index (κ1) is 15.5. The maximum atomic E-state index is 12.5. The molecule has 1 fully saturated rings. The van der Waals surface area contributed by atoms with E-state index in [-0.39, 0.29) is 5.91 Å². The number of carbonyl (C=O) groups excluding carboxylic acids is 2. The van der Waals surface area contributed by atoms with Crippen molar-refractivity contribution in [3.63, 3.8) is 0 Å². The highest BCUT2D eigenvalue weighted by atomic mass is 16.2. The van der Waals surface area contributed by atoms with Gasteiger partial charge in [0.15, 0.2) is 0 Å². The SMILES string of the molecule is CCCC1(C(=O)NCc2cccc(C(N)=O)c2)CCCN1. The standard InChI is InChI=1S/C16H23N3O2/c1-2-7-16(8-4-9-19-16)15(21)18-11-12-5-3-6-13(10-12)14(17)20/h3,5-6,10,19H,2,4,7-9,11H2,1H3,(H2,17,20)(H,18,21). The van der Waals surface area contributed by atoms with E-state index in [0.717, 1.165) is 37.8 Å². The number of nitrogens with one attached hydrogen (secondary N) is 2. The van der Waals surface area contributed by atoms with E-state index in [0.29, 0.717) is 12.1 Å². The van der Waals surface area contributed by atoms with Crippen LogP contribution in [0.15, 0.2) is 24.3 Å². The third kappa shape index (κ3) is 3.61. The molecular weight excluding hydrogens is 266 g/mol. The molecular formula is C16H23N3O2. The third-order valence-electron chi connectivity index (χ3n) is 4.02. The fourth-order valence-corrected chi connectivity index (χ4v) is 2.94. The molecule has 1 aliphatic rings. The maximum Gasteiger partial charge on any atom is 0.248 e. The van der Waals surface area contributed by atoms with Gasteiger partial charge in [0.05, 0.1) is 5.54 Å². The number of nitrogens with two attached hydrogens (primary N) is 1. The molecule has 2 amide bonds. The van der Waals surface area contributed by atoms with Gasteiger partial charge in [-0.1, -0.05) is 25.5 Å². The Bertz CT molecular complexity index is 522. The van der Waals surface area contributed by atoms with Gasteiger partial charge >= 0.3 is 0 Å². The van der Waals surface area contributed by atoms with Crippen LogP contribution in [0.1, 0.15) is 48.5 Å². The van der Waals surface area contributed by atoms with Crippen LogP contribution in [-0.4, -0.2) is 23.9 Å². The Labute approximate surface area is 125 Å². The summed E-state index contributed by atoms with van der Waals surface area (Å²) in [5, 5.41) is 6.33. The summed E-state index contributed by atoms with van der Waals surface area (Å²) < 4.78 is 0. The number of rotatable bonds is 6. The second kappa shape index (κ2) is 6.72. The molecule has 0 bridgehead atoms. The summed E-state index contributed by atoms with van der Waals surface area (Å²) in [5.74, 6) is -0.408. The Hall–Kier alpha value is -1.88. The van der Waals surface area contributed by atoms with Crippen LogP contribution in [0.25, 0.3) is 0 Å². The Kier molecular flexibility index (Phi) is 4.96. The fraction of sp³-hybridized carbons (Fsp3) is 0.500. The fourth-order valence-electron chi connectivity index (χ4n) is 2.94. The van der Waals surface area contributed by atoms with Gasteiger partial charge in [0, 0.05) is 12.1 Å². The third-order valence-corrected chi connectivity index (χ3v) is 4.02. The van der Waals surface area contributed by atoms with Crippen LogP contribution in [0.2, 0.25) is 0 Å². The predicted octanol–water partition coefficient (Wildman–Crippen LogP) is 1.32. The van der Waals surface area contributed by atoms with Gasteiger partial charge in [0.2, 0.25) is 11.8 Å². The molecule has 0 radical (unpaired) electrons. The molecule has 1 atom stereocenters. The minimum atomic E-state index is -0.455. The van der Waals surface area contributed by atoms with Gasteiger partial charge < -0.3 is 16.4 Å². The van der Waals surface area contributed by atoms with Crippen molar-refractivity contribution in [2.75, 3.05) is 6.54 Å². The number of hydrogen-bond acceptors (Lipinski definition) is 3. The minimum absolute atomic E-state index is 0.0475. The van der Waals surface area contributed by atoms with E-state index in [2.05, 4.69) is 17.6 Å². The van der Waals surface area contributed by atoms with Gasteiger partial charge in [-0.05, 0) is 43.5 Å². The first-order valence-electron chi connectivity index (χ1n) is 7.49. The maximum absolute atomic E-state index is 12.5. The lowest BCUT2D eigenvalue weighted by Crippen LogP contribution is -2.53. The zero-order chi connectivity index (χ0) is 15.3. The first-order valence-corrected chi connectivity index (χ1v) is 7.49. The normalized spacial score (nSPS) is 21.2. The first-order chi connectivity index (χ1) is 10.1. The highest BCUT2D eigenvalue weighted by Crippen LogP contribution is 2.25. The molecule has 2 rings (SSSR count). The smallest absolute Gasteiger partial charge is 0.248 e. The molecule has 0 spiro atoms. The van der Waals surface area contributed by atoms with Crippen molar-refractivity contribution < 1.29 is 9.59 Å². The summed E-state index contributed by atoms with van der Waals surface area (Å²) >= 11 is 0. The molecule has 1 saturated heterocycles. The van der Waals surface area contributed by atoms with Gasteiger partial charge in [0.25, 0.3) is 0 Å². The molecule has 1 aromatic rings. The number of amides is 2. The molecule has 21 heavy (non-hydrogen) atoms. The molecule has 5 nitrogen and oxygen atoms in total. The molecule has 114 valence electrons.